The number of urea groups is 1. The number of carbonyl (C=O) groups is 2. The van der Waals surface area contributed by atoms with Crippen LogP contribution in [0.2, 0.25) is 0 Å². The second-order valence-electron chi connectivity index (χ2n) is 6.07. The molecule has 2 N–H and O–H groups in total. The van der Waals surface area contributed by atoms with E-state index in [0.717, 1.165) is 37.2 Å². The van der Waals surface area contributed by atoms with Crippen LogP contribution in [0.1, 0.15) is 42.6 Å². The summed E-state index contributed by atoms with van der Waals surface area (Å²) in [7, 11) is 0. The normalized spacial score (nSPS) is 17.9. The van der Waals surface area contributed by atoms with Crippen LogP contribution in [0, 0.1) is 0 Å². The summed E-state index contributed by atoms with van der Waals surface area (Å²) in [5, 5.41) is 6.45. The molecule has 1 saturated heterocycles. The molecule has 1 aromatic rings. The smallest absolute Gasteiger partial charge is 0.317 e. The number of rotatable bonds is 5. The zero-order chi connectivity index (χ0) is 17.4. The lowest BCUT2D eigenvalue weighted by atomic mass is 10.1. The van der Waals surface area contributed by atoms with Crippen molar-refractivity contribution in [3.8, 4) is 0 Å². The third kappa shape index (κ3) is 5.74. The SMILES string of the molecule is CCCNC(=O)c1cccc(CNC(=O)N2CCSC(C)CC2)c1. The molecule has 24 heavy (non-hydrogen) atoms. The number of hydrogen-bond acceptors (Lipinski definition) is 3. The van der Waals surface area contributed by atoms with Crippen LogP contribution in [-0.2, 0) is 6.54 Å². The van der Waals surface area contributed by atoms with Gasteiger partial charge < -0.3 is 15.5 Å². The molecule has 1 aliphatic rings. The summed E-state index contributed by atoms with van der Waals surface area (Å²) in [6.45, 7) is 6.94. The minimum absolute atomic E-state index is 0.0227. The van der Waals surface area contributed by atoms with Crippen molar-refractivity contribution in [2.45, 2.75) is 38.5 Å². The lowest BCUT2D eigenvalue weighted by Crippen LogP contribution is -2.40. The van der Waals surface area contributed by atoms with E-state index in [1.54, 1.807) is 6.07 Å². The van der Waals surface area contributed by atoms with Crippen LogP contribution >= 0.6 is 11.8 Å². The average molecular weight is 350 g/mol. The molecule has 0 bridgehead atoms. The first-order valence-electron chi connectivity index (χ1n) is 8.61. The largest absolute Gasteiger partial charge is 0.352 e. The third-order valence-corrected chi connectivity index (χ3v) is 5.25. The first-order chi connectivity index (χ1) is 11.6. The topological polar surface area (TPSA) is 61.4 Å². The molecule has 132 valence electrons. The Hall–Kier alpha value is -1.69. The van der Waals surface area contributed by atoms with Gasteiger partial charge in [-0.05, 0) is 30.5 Å². The van der Waals surface area contributed by atoms with E-state index in [9.17, 15) is 9.59 Å². The highest BCUT2D eigenvalue weighted by Crippen LogP contribution is 2.18. The number of hydrogen-bond donors (Lipinski definition) is 2. The molecule has 1 fully saturated rings. The van der Waals surface area contributed by atoms with Crippen LogP contribution in [0.4, 0.5) is 4.79 Å². The minimum atomic E-state index is -0.0662. The van der Waals surface area contributed by atoms with Gasteiger partial charge in [0.15, 0.2) is 0 Å². The molecule has 3 amide bonds. The third-order valence-electron chi connectivity index (χ3n) is 4.02. The molecule has 0 aromatic heterocycles. The minimum Gasteiger partial charge on any atom is -0.352 e. The molecule has 2 rings (SSSR count). The molecule has 1 heterocycles. The van der Waals surface area contributed by atoms with E-state index in [0.29, 0.717) is 23.9 Å². The highest BCUT2D eigenvalue weighted by atomic mass is 32.2. The van der Waals surface area contributed by atoms with Crippen molar-refractivity contribution in [1.29, 1.82) is 0 Å². The molecule has 0 radical (unpaired) electrons. The van der Waals surface area contributed by atoms with Gasteiger partial charge >= 0.3 is 6.03 Å². The van der Waals surface area contributed by atoms with Gasteiger partial charge in [-0.15, -0.1) is 0 Å². The van der Waals surface area contributed by atoms with Gasteiger partial charge in [-0.1, -0.05) is 26.0 Å². The fourth-order valence-electron chi connectivity index (χ4n) is 2.55. The van der Waals surface area contributed by atoms with E-state index in [1.807, 2.05) is 41.8 Å². The van der Waals surface area contributed by atoms with E-state index in [1.165, 1.54) is 0 Å². The van der Waals surface area contributed by atoms with Gasteiger partial charge in [-0.3, -0.25) is 4.79 Å². The van der Waals surface area contributed by atoms with Gasteiger partial charge in [-0.25, -0.2) is 4.79 Å². The van der Waals surface area contributed by atoms with Crippen molar-refractivity contribution in [2.24, 2.45) is 0 Å². The van der Waals surface area contributed by atoms with E-state index < -0.39 is 0 Å². The number of carbonyl (C=O) groups excluding carboxylic acids is 2. The van der Waals surface area contributed by atoms with Crippen LogP contribution in [0.15, 0.2) is 24.3 Å². The summed E-state index contributed by atoms with van der Waals surface area (Å²) in [5.41, 5.74) is 1.57. The maximum absolute atomic E-state index is 12.3. The second kappa shape index (κ2) is 9.57. The standard InChI is InChI=1S/C18H27N3O2S/c1-3-8-19-17(22)16-6-4-5-15(12-16)13-20-18(23)21-9-7-14(2)24-11-10-21/h4-6,12,14H,3,7-11,13H2,1-2H3,(H,19,22)(H,20,23). The predicted molar refractivity (Wildman–Crippen MR) is 99.4 cm³/mol. The quantitative estimate of drug-likeness (QED) is 0.859. The van der Waals surface area contributed by atoms with E-state index in [-0.39, 0.29) is 11.9 Å². The van der Waals surface area contributed by atoms with Crippen molar-refractivity contribution in [3.63, 3.8) is 0 Å². The molecule has 0 spiro atoms. The van der Waals surface area contributed by atoms with Crippen LogP contribution in [0.3, 0.4) is 0 Å². The highest BCUT2D eigenvalue weighted by Gasteiger charge is 2.18. The molecule has 1 aliphatic heterocycles. The predicted octanol–water partition coefficient (Wildman–Crippen LogP) is 2.86. The first-order valence-corrected chi connectivity index (χ1v) is 9.66. The average Bonchev–Trinajstić information content (AvgIpc) is 2.82. The van der Waals surface area contributed by atoms with Crippen LogP contribution in [-0.4, -0.2) is 47.5 Å². The zero-order valence-electron chi connectivity index (χ0n) is 14.5. The molecule has 5 nitrogen and oxygen atoms in total. The summed E-state index contributed by atoms with van der Waals surface area (Å²) < 4.78 is 0. The molecule has 1 atom stereocenters. The van der Waals surface area contributed by atoms with Gasteiger partial charge in [0.25, 0.3) is 5.91 Å². The zero-order valence-corrected chi connectivity index (χ0v) is 15.3. The second-order valence-corrected chi connectivity index (χ2v) is 7.62. The van der Waals surface area contributed by atoms with Crippen LogP contribution in [0.5, 0.6) is 0 Å². The Morgan fingerprint density at radius 3 is 2.92 bits per heavy atom. The highest BCUT2D eigenvalue weighted by molar-refractivity contribution is 7.99. The number of nitrogens with one attached hydrogen (secondary N) is 2. The van der Waals surface area contributed by atoms with Crippen molar-refractivity contribution in [3.05, 3.63) is 35.4 Å². The van der Waals surface area contributed by atoms with Gasteiger partial charge in [-0.2, -0.15) is 11.8 Å². The molecular weight excluding hydrogens is 322 g/mol. The van der Waals surface area contributed by atoms with Crippen LogP contribution in [0.25, 0.3) is 0 Å². The van der Waals surface area contributed by atoms with Crippen LogP contribution < -0.4 is 10.6 Å². The molecule has 1 aromatic carbocycles. The van der Waals surface area contributed by atoms with Crippen molar-refractivity contribution < 1.29 is 9.59 Å². The molecule has 0 saturated carbocycles. The summed E-state index contributed by atoms with van der Waals surface area (Å²) in [4.78, 5) is 26.2. The molecule has 6 heteroatoms. The van der Waals surface area contributed by atoms with Gasteiger partial charge in [0.05, 0.1) is 0 Å². The Morgan fingerprint density at radius 2 is 2.12 bits per heavy atom. The van der Waals surface area contributed by atoms with E-state index in [4.69, 9.17) is 0 Å². The summed E-state index contributed by atoms with van der Waals surface area (Å²) >= 11 is 1.92. The fourth-order valence-corrected chi connectivity index (χ4v) is 3.55. The maximum Gasteiger partial charge on any atom is 0.317 e. The van der Waals surface area contributed by atoms with Gasteiger partial charge in [0.1, 0.15) is 0 Å². The van der Waals surface area contributed by atoms with Crippen molar-refractivity contribution >= 4 is 23.7 Å². The number of thioether (sulfide) groups is 1. The number of nitrogens with zero attached hydrogens (tertiary/aromatic N) is 1. The van der Waals surface area contributed by atoms with Gasteiger partial charge in [0, 0.05) is 42.7 Å². The van der Waals surface area contributed by atoms with Crippen molar-refractivity contribution in [2.75, 3.05) is 25.4 Å². The van der Waals surface area contributed by atoms with E-state index in [2.05, 4.69) is 17.6 Å². The van der Waals surface area contributed by atoms with Crippen molar-refractivity contribution in [1.82, 2.24) is 15.5 Å². The molecule has 1 unspecified atom stereocenters. The Bertz CT molecular complexity index is 565. The fraction of sp³-hybridized carbons (Fsp3) is 0.556. The molecular formula is C18H27N3O2S. The Labute approximate surface area is 148 Å². The monoisotopic (exact) mass is 349 g/mol. The Kier molecular flexibility index (Phi) is 7.43. The molecule has 0 aliphatic carbocycles. The first kappa shape index (κ1) is 18.6. The maximum atomic E-state index is 12.3. The summed E-state index contributed by atoms with van der Waals surface area (Å²) in [6, 6.07) is 7.39. The Balaban J connectivity index is 1.87. The van der Waals surface area contributed by atoms with Gasteiger partial charge in [0.2, 0.25) is 0 Å². The lowest BCUT2D eigenvalue weighted by molar-refractivity contribution is 0.0953. The Morgan fingerprint density at radius 1 is 1.29 bits per heavy atom. The summed E-state index contributed by atoms with van der Waals surface area (Å²) in [5.74, 6) is 0.922. The summed E-state index contributed by atoms with van der Waals surface area (Å²) in [6.07, 6.45) is 1.94. The number of benzene rings is 1. The number of amides is 3. The van der Waals surface area contributed by atoms with E-state index >= 15 is 0 Å². The lowest BCUT2D eigenvalue weighted by Gasteiger charge is -2.20.